The molecule has 0 radical (unpaired) electrons. The van der Waals surface area contributed by atoms with E-state index in [1.54, 1.807) is 15.8 Å². The molecule has 0 fully saturated rings. The van der Waals surface area contributed by atoms with E-state index in [9.17, 15) is 0 Å². The first-order chi connectivity index (χ1) is 7.56. The molecule has 7 nitrogen and oxygen atoms in total. The van der Waals surface area contributed by atoms with Crippen molar-refractivity contribution in [2.75, 3.05) is 24.7 Å². The lowest BCUT2D eigenvalue weighted by Crippen LogP contribution is -2.16. The van der Waals surface area contributed by atoms with Gasteiger partial charge in [0.2, 0.25) is 11.9 Å². The summed E-state index contributed by atoms with van der Waals surface area (Å²) >= 11 is 2.16. The monoisotopic (exact) mass is 331 g/mol. The maximum absolute atomic E-state index is 5.61. The Morgan fingerprint density at radius 2 is 2.06 bits per heavy atom. The average molecular weight is 331 g/mol. The lowest BCUT2D eigenvalue weighted by molar-refractivity contribution is 0.792. The fourth-order valence-electron chi connectivity index (χ4n) is 1.08. The molecule has 8 heteroatoms. The first-order valence-electron chi connectivity index (χ1n) is 4.45. The predicted octanol–water partition coefficient (Wildman–Crippen LogP) is 0.310. The molecule has 0 saturated heterocycles. The van der Waals surface area contributed by atoms with Crippen molar-refractivity contribution in [3.05, 3.63) is 16.0 Å². The van der Waals surface area contributed by atoms with E-state index >= 15 is 0 Å². The van der Waals surface area contributed by atoms with Crippen molar-refractivity contribution < 1.29 is 0 Å². The maximum Gasteiger partial charge on any atom is 0.257 e. The van der Waals surface area contributed by atoms with E-state index in [1.165, 1.54) is 0 Å². The van der Waals surface area contributed by atoms with Crippen LogP contribution in [0.25, 0.3) is 5.95 Å². The summed E-state index contributed by atoms with van der Waals surface area (Å²) in [5, 5.41) is 4.11. The van der Waals surface area contributed by atoms with Crippen molar-refractivity contribution in [1.82, 2.24) is 24.7 Å². The predicted molar refractivity (Wildman–Crippen MR) is 68.4 cm³/mol. The van der Waals surface area contributed by atoms with Crippen LogP contribution in [0, 0.1) is 3.57 Å². The van der Waals surface area contributed by atoms with Crippen molar-refractivity contribution in [1.29, 1.82) is 0 Å². The van der Waals surface area contributed by atoms with E-state index in [0.717, 1.165) is 3.57 Å². The van der Waals surface area contributed by atoms with E-state index < -0.39 is 0 Å². The molecule has 84 valence electrons. The summed E-state index contributed by atoms with van der Waals surface area (Å²) in [5.41, 5.74) is 5.61. The van der Waals surface area contributed by atoms with Crippen LogP contribution in [-0.2, 0) is 0 Å². The molecule has 16 heavy (non-hydrogen) atoms. The molecule has 2 rings (SSSR count). The molecular formula is C8H10IN7. The Balaban J connectivity index is 2.49. The second-order valence-corrected chi connectivity index (χ2v) is 4.54. The average Bonchev–Trinajstić information content (AvgIpc) is 2.64. The van der Waals surface area contributed by atoms with E-state index in [-0.39, 0.29) is 5.95 Å². The number of nitrogens with two attached hydrogens (primary N) is 1. The van der Waals surface area contributed by atoms with Crippen LogP contribution in [0.2, 0.25) is 0 Å². The van der Waals surface area contributed by atoms with Crippen LogP contribution in [0.3, 0.4) is 0 Å². The van der Waals surface area contributed by atoms with Crippen LogP contribution in [0.5, 0.6) is 0 Å². The third-order valence-corrected chi connectivity index (χ3v) is 2.34. The van der Waals surface area contributed by atoms with Gasteiger partial charge in [-0.2, -0.15) is 20.1 Å². The molecule has 2 aromatic rings. The number of nitrogen functional groups attached to an aromatic ring is 1. The Morgan fingerprint density at radius 1 is 1.31 bits per heavy atom. The van der Waals surface area contributed by atoms with Crippen LogP contribution in [0.15, 0.2) is 12.4 Å². The van der Waals surface area contributed by atoms with Gasteiger partial charge in [-0.05, 0) is 22.6 Å². The Labute approximate surface area is 106 Å². The normalized spacial score (nSPS) is 10.4. The second kappa shape index (κ2) is 4.20. The molecule has 2 aromatic heterocycles. The standard InChI is InChI=1S/C8H10IN7/c1-15(2)7-12-6(10)13-8(14-7)16-4-5(9)3-11-16/h3-4H,1-2H3,(H2,10,12,13,14). The highest BCUT2D eigenvalue weighted by Crippen LogP contribution is 2.10. The maximum atomic E-state index is 5.61. The third kappa shape index (κ3) is 2.21. The van der Waals surface area contributed by atoms with Crippen molar-refractivity contribution >= 4 is 34.5 Å². The molecule has 2 heterocycles. The van der Waals surface area contributed by atoms with Gasteiger partial charge >= 0.3 is 0 Å². The summed E-state index contributed by atoms with van der Waals surface area (Å²) in [6.07, 6.45) is 3.53. The number of hydrogen-bond acceptors (Lipinski definition) is 6. The SMILES string of the molecule is CN(C)c1nc(N)nc(-n2cc(I)cn2)n1. The van der Waals surface area contributed by atoms with Gasteiger partial charge < -0.3 is 10.6 Å². The van der Waals surface area contributed by atoms with E-state index in [4.69, 9.17) is 5.73 Å². The van der Waals surface area contributed by atoms with Crippen LogP contribution in [0.1, 0.15) is 0 Å². The molecule has 0 bridgehead atoms. The van der Waals surface area contributed by atoms with Gasteiger partial charge in [-0.15, -0.1) is 0 Å². The zero-order valence-electron chi connectivity index (χ0n) is 8.79. The lowest BCUT2D eigenvalue weighted by atomic mass is 10.7. The fraction of sp³-hybridized carbons (Fsp3) is 0.250. The largest absolute Gasteiger partial charge is 0.368 e. The molecule has 2 N–H and O–H groups in total. The van der Waals surface area contributed by atoms with E-state index in [0.29, 0.717) is 11.9 Å². The number of halogens is 1. The molecule has 0 aliphatic carbocycles. The zero-order valence-corrected chi connectivity index (χ0v) is 11.0. The summed E-state index contributed by atoms with van der Waals surface area (Å²) < 4.78 is 2.57. The van der Waals surface area contributed by atoms with Gasteiger partial charge in [0.1, 0.15) is 0 Å². The summed E-state index contributed by atoms with van der Waals surface area (Å²) in [6.45, 7) is 0. The van der Waals surface area contributed by atoms with Crippen LogP contribution in [0.4, 0.5) is 11.9 Å². The van der Waals surface area contributed by atoms with Gasteiger partial charge in [0.15, 0.2) is 0 Å². The van der Waals surface area contributed by atoms with Crippen LogP contribution >= 0.6 is 22.6 Å². The first-order valence-corrected chi connectivity index (χ1v) is 5.53. The molecule has 0 aromatic carbocycles. The molecular weight excluding hydrogens is 321 g/mol. The highest BCUT2D eigenvalue weighted by Gasteiger charge is 2.08. The molecule has 0 unspecified atom stereocenters. The number of anilines is 2. The number of nitrogens with zero attached hydrogens (tertiary/aromatic N) is 6. The smallest absolute Gasteiger partial charge is 0.257 e. The zero-order chi connectivity index (χ0) is 11.7. The highest BCUT2D eigenvalue weighted by molar-refractivity contribution is 14.1. The highest BCUT2D eigenvalue weighted by atomic mass is 127. The Hall–Kier alpha value is -1.45. The number of aromatic nitrogens is 5. The third-order valence-electron chi connectivity index (χ3n) is 1.79. The minimum absolute atomic E-state index is 0.180. The molecule has 0 saturated carbocycles. The Morgan fingerprint density at radius 3 is 2.62 bits per heavy atom. The van der Waals surface area contributed by atoms with Gasteiger partial charge in [0.05, 0.1) is 9.77 Å². The van der Waals surface area contributed by atoms with Crippen LogP contribution < -0.4 is 10.6 Å². The number of rotatable bonds is 2. The molecule has 0 aliphatic heterocycles. The minimum atomic E-state index is 0.180. The van der Waals surface area contributed by atoms with Gasteiger partial charge in [0, 0.05) is 20.3 Å². The lowest BCUT2D eigenvalue weighted by Gasteiger charge is -2.10. The summed E-state index contributed by atoms with van der Waals surface area (Å²) in [4.78, 5) is 14.0. The molecule has 0 amide bonds. The Bertz CT molecular complexity index is 507. The van der Waals surface area contributed by atoms with Crippen molar-refractivity contribution in [2.45, 2.75) is 0 Å². The summed E-state index contributed by atoms with van der Waals surface area (Å²) in [7, 11) is 3.68. The molecule has 0 aliphatic rings. The summed E-state index contributed by atoms with van der Waals surface area (Å²) in [5.74, 6) is 1.10. The van der Waals surface area contributed by atoms with E-state index in [2.05, 4.69) is 42.6 Å². The second-order valence-electron chi connectivity index (χ2n) is 3.29. The summed E-state index contributed by atoms with van der Waals surface area (Å²) in [6, 6.07) is 0. The number of hydrogen-bond donors (Lipinski definition) is 1. The minimum Gasteiger partial charge on any atom is -0.368 e. The van der Waals surface area contributed by atoms with Crippen molar-refractivity contribution in [2.24, 2.45) is 0 Å². The van der Waals surface area contributed by atoms with Gasteiger partial charge in [-0.1, -0.05) is 0 Å². The Kier molecular flexibility index (Phi) is 2.90. The van der Waals surface area contributed by atoms with Gasteiger partial charge in [-0.3, -0.25) is 0 Å². The van der Waals surface area contributed by atoms with Crippen molar-refractivity contribution in [3.63, 3.8) is 0 Å². The molecule has 0 atom stereocenters. The van der Waals surface area contributed by atoms with Gasteiger partial charge in [0.25, 0.3) is 5.95 Å². The fourth-order valence-corrected chi connectivity index (χ4v) is 1.47. The van der Waals surface area contributed by atoms with E-state index in [1.807, 2.05) is 20.3 Å². The van der Waals surface area contributed by atoms with Crippen LogP contribution in [-0.4, -0.2) is 38.8 Å². The van der Waals surface area contributed by atoms with Crippen molar-refractivity contribution in [3.8, 4) is 5.95 Å². The van der Waals surface area contributed by atoms with Gasteiger partial charge in [-0.25, -0.2) is 4.68 Å². The first kappa shape index (κ1) is 11.0. The topological polar surface area (TPSA) is 85.8 Å². The quantitative estimate of drug-likeness (QED) is 0.797. The molecule has 0 spiro atoms.